The standard InChI is InChI=1S/C15H16O2/c1-11(2)14(12(3)15(16)17)10-9-13-7-5-4-6-8-13/h4-10,14H,1,3H2,2H3,(H,16,17). The average Bonchev–Trinajstić information content (AvgIpc) is 2.29. The van der Waals surface area contributed by atoms with Gasteiger partial charge in [0.2, 0.25) is 0 Å². The number of allylic oxidation sites excluding steroid dienone is 2. The molecule has 1 unspecified atom stereocenters. The lowest BCUT2D eigenvalue weighted by Gasteiger charge is -2.12. The van der Waals surface area contributed by atoms with Crippen molar-refractivity contribution in [2.24, 2.45) is 5.92 Å². The van der Waals surface area contributed by atoms with E-state index in [1.165, 1.54) is 0 Å². The Balaban J connectivity index is 2.89. The second-order valence-electron chi connectivity index (χ2n) is 3.92. The summed E-state index contributed by atoms with van der Waals surface area (Å²) in [6, 6.07) is 9.71. The third-order valence-corrected chi connectivity index (χ3v) is 2.46. The van der Waals surface area contributed by atoms with Crippen molar-refractivity contribution >= 4 is 12.0 Å². The maximum Gasteiger partial charge on any atom is 0.331 e. The molecule has 0 aliphatic carbocycles. The van der Waals surface area contributed by atoms with E-state index < -0.39 is 5.97 Å². The third-order valence-electron chi connectivity index (χ3n) is 2.46. The van der Waals surface area contributed by atoms with Crippen LogP contribution in [0, 0.1) is 5.92 Å². The molecular weight excluding hydrogens is 212 g/mol. The highest BCUT2D eigenvalue weighted by Gasteiger charge is 2.15. The highest BCUT2D eigenvalue weighted by atomic mass is 16.4. The molecule has 1 aromatic carbocycles. The van der Waals surface area contributed by atoms with Gasteiger partial charge in [-0.15, -0.1) is 0 Å². The van der Waals surface area contributed by atoms with Crippen molar-refractivity contribution in [1.82, 2.24) is 0 Å². The van der Waals surface area contributed by atoms with Crippen LogP contribution in [0.5, 0.6) is 0 Å². The molecule has 0 amide bonds. The molecule has 0 aliphatic rings. The zero-order valence-electron chi connectivity index (χ0n) is 9.89. The van der Waals surface area contributed by atoms with Crippen LogP contribution < -0.4 is 0 Å². The van der Waals surface area contributed by atoms with E-state index in [2.05, 4.69) is 13.2 Å². The molecule has 0 saturated carbocycles. The Kier molecular flexibility index (Phi) is 4.46. The van der Waals surface area contributed by atoms with Crippen LogP contribution in [0.2, 0.25) is 0 Å². The maximum atomic E-state index is 10.9. The molecule has 1 rings (SSSR count). The van der Waals surface area contributed by atoms with Gasteiger partial charge in [-0.1, -0.05) is 61.2 Å². The molecule has 0 radical (unpaired) electrons. The first-order valence-electron chi connectivity index (χ1n) is 5.33. The molecule has 0 bridgehead atoms. The van der Waals surface area contributed by atoms with Crippen LogP contribution in [-0.2, 0) is 4.79 Å². The average molecular weight is 228 g/mol. The van der Waals surface area contributed by atoms with Gasteiger partial charge in [-0.2, -0.15) is 0 Å². The molecule has 2 heteroatoms. The second-order valence-corrected chi connectivity index (χ2v) is 3.92. The number of carbonyl (C=O) groups is 1. The van der Waals surface area contributed by atoms with E-state index in [1.54, 1.807) is 6.92 Å². The van der Waals surface area contributed by atoms with Crippen molar-refractivity contribution in [1.29, 1.82) is 0 Å². The largest absolute Gasteiger partial charge is 0.478 e. The van der Waals surface area contributed by atoms with Crippen LogP contribution in [0.25, 0.3) is 6.08 Å². The van der Waals surface area contributed by atoms with E-state index in [0.29, 0.717) is 0 Å². The molecule has 0 saturated heterocycles. The highest BCUT2D eigenvalue weighted by Crippen LogP contribution is 2.20. The molecule has 2 nitrogen and oxygen atoms in total. The molecular formula is C15H16O2. The molecule has 88 valence electrons. The summed E-state index contributed by atoms with van der Waals surface area (Å²) in [4.78, 5) is 10.9. The van der Waals surface area contributed by atoms with Crippen molar-refractivity contribution in [3.8, 4) is 0 Å². The predicted octanol–water partition coefficient (Wildman–Crippen LogP) is 3.53. The fraction of sp³-hybridized carbons (Fsp3) is 0.133. The number of rotatable bonds is 5. The van der Waals surface area contributed by atoms with Gasteiger partial charge in [-0.25, -0.2) is 4.79 Å². The molecule has 0 aliphatic heterocycles. The lowest BCUT2D eigenvalue weighted by atomic mass is 9.93. The van der Waals surface area contributed by atoms with Gasteiger partial charge in [0.1, 0.15) is 0 Å². The van der Waals surface area contributed by atoms with Crippen LogP contribution in [0.15, 0.2) is 60.7 Å². The smallest absolute Gasteiger partial charge is 0.331 e. The molecule has 0 spiro atoms. The topological polar surface area (TPSA) is 37.3 Å². The van der Waals surface area contributed by atoms with Gasteiger partial charge in [0.25, 0.3) is 0 Å². The van der Waals surface area contributed by atoms with Crippen LogP contribution in [0.3, 0.4) is 0 Å². The van der Waals surface area contributed by atoms with Gasteiger partial charge in [-0.3, -0.25) is 0 Å². The SMILES string of the molecule is C=C(C)C(C=Cc1ccccc1)C(=C)C(=O)O. The van der Waals surface area contributed by atoms with Gasteiger partial charge in [0.15, 0.2) is 0 Å². The van der Waals surface area contributed by atoms with E-state index in [1.807, 2.05) is 42.5 Å². The molecule has 1 N–H and O–H groups in total. The Hall–Kier alpha value is -2.09. The van der Waals surface area contributed by atoms with E-state index in [-0.39, 0.29) is 11.5 Å². The molecule has 17 heavy (non-hydrogen) atoms. The van der Waals surface area contributed by atoms with E-state index in [0.717, 1.165) is 11.1 Å². The van der Waals surface area contributed by atoms with E-state index in [4.69, 9.17) is 5.11 Å². The van der Waals surface area contributed by atoms with Gasteiger partial charge in [0, 0.05) is 11.5 Å². The number of hydrogen-bond donors (Lipinski definition) is 1. The normalized spacial score (nSPS) is 12.3. The molecule has 1 aromatic rings. The molecule has 0 heterocycles. The Morgan fingerprint density at radius 1 is 1.29 bits per heavy atom. The summed E-state index contributed by atoms with van der Waals surface area (Å²) >= 11 is 0. The van der Waals surface area contributed by atoms with Gasteiger partial charge < -0.3 is 5.11 Å². The quantitative estimate of drug-likeness (QED) is 0.618. The van der Waals surface area contributed by atoms with Crippen molar-refractivity contribution in [3.05, 3.63) is 66.3 Å². The summed E-state index contributed by atoms with van der Waals surface area (Å²) < 4.78 is 0. The number of benzene rings is 1. The first-order chi connectivity index (χ1) is 8.02. The first-order valence-corrected chi connectivity index (χ1v) is 5.33. The van der Waals surface area contributed by atoms with Crippen LogP contribution >= 0.6 is 0 Å². The van der Waals surface area contributed by atoms with E-state index >= 15 is 0 Å². The summed E-state index contributed by atoms with van der Waals surface area (Å²) in [5.41, 5.74) is 1.94. The number of hydrogen-bond acceptors (Lipinski definition) is 1. The Bertz CT molecular complexity index is 455. The minimum absolute atomic E-state index is 0.143. The van der Waals surface area contributed by atoms with Crippen LogP contribution in [-0.4, -0.2) is 11.1 Å². The number of aliphatic carboxylic acids is 1. The van der Waals surface area contributed by atoms with Crippen molar-refractivity contribution < 1.29 is 9.90 Å². The minimum atomic E-state index is -0.990. The molecule has 1 atom stereocenters. The number of carboxylic acid groups (broad SMARTS) is 1. The Morgan fingerprint density at radius 3 is 2.35 bits per heavy atom. The molecule has 0 aromatic heterocycles. The number of carboxylic acids is 1. The van der Waals surface area contributed by atoms with E-state index in [9.17, 15) is 4.79 Å². The Labute approximate surface area is 102 Å². The van der Waals surface area contributed by atoms with Gasteiger partial charge in [-0.05, 0) is 12.5 Å². The van der Waals surface area contributed by atoms with Crippen molar-refractivity contribution in [2.75, 3.05) is 0 Å². The third kappa shape index (κ3) is 3.76. The zero-order chi connectivity index (χ0) is 12.8. The van der Waals surface area contributed by atoms with Gasteiger partial charge >= 0.3 is 5.97 Å². The maximum absolute atomic E-state index is 10.9. The Morgan fingerprint density at radius 2 is 1.88 bits per heavy atom. The first kappa shape index (κ1) is 13.0. The fourth-order valence-electron chi connectivity index (χ4n) is 1.48. The van der Waals surface area contributed by atoms with Gasteiger partial charge in [0.05, 0.1) is 0 Å². The summed E-state index contributed by atoms with van der Waals surface area (Å²) in [7, 11) is 0. The summed E-state index contributed by atoms with van der Waals surface area (Å²) in [6.07, 6.45) is 3.70. The van der Waals surface area contributed by atoms with Crippen LogP contribution in [0.4, 0.5) is 0 Å². The summed E-state index contributed by atoms with van der Waals surface area (Å²) in [5, 5.41) is 8.92. The van der Waals surface area contributed by atoms with Crippen LogP contribution in [0.1, 0.15) is 12.5 Å². The monoisotopic (exact) mass is 228 g/mol. The highest BCUT2D eigenvalue weighted by molar-refractivity contribution is 5.87. The summed E-state index contributed by atoms with van der Waals surface area (Å²) in [5.74, 6) is -1.32. The minimum Gasteiger partial charge on any atom is -0.478 e. The second kappa shape index (κ2) is 5.85. The fourth-order valence-corrected chi connectivity index (χ4v) is 1.48. The summed E-state index contributed by atoms with van der Waals surface area (Å²) in [6.45, 7) is 9.17. The molecule has 0 fully saturated rings. The van der Waals surface area contributed by atoms with Crippen molar-refractivity contribution in [3.63, 3.8) is 0 Å². The lowest BCUT2D eigenvalue weighted by molar-refractivity contribution is -0.132. The zero-order valence-corrected chi connectivity index (χ0v) is 9.89. The van der Waals surface area contributed by atoms with Crippen molar-refractivity contribution in [2.45, 2.75) is 6.92 Å². The predicted molar refractivity (Wildman–Crippen MR) is 70.6 cm³/mol. The lowest BCUT2D eigenvalue weighted by Crippen LogP contribution is -2.10.